The van der Waals surface area contributed by atoms with Gasteiger partial charge in [-0.1, -0.05) is 72.4 Å². The first-order valence-corrected chi connectivity index (χ1v) is 11.1. The number of carbonyl (C=O) groups is 1. The average Bonchev–Trinajstić information content (AvgIpc) is 3.26. The van der Waals surface area contributed by atoms with E-state index < -0.39 is 0 Å². The van der Waals surface area contributed by atoms with Crippen LogP contribution in [0.5, 0.6) is 0 Å². The zero-order chi connectivity index (χ0) is 20.8. The van der Waals surface area contributed by atoms with Crippen LogP contribution in [-0.4, -0.2) is 21.9 Å². The zero-order valence-corrected chi connectivity index (χ0v) is 18.3. The van der Waals surface area contributed by atoms with E-state index in [-0.39, 0.29) is 11.7 Å². The highest BCUT2D eigenvalue weighted by molar-refractivity contribution is 9.10. The van der Waals surface area contributed by atoms with Gasteiger partial charge in [-0.2, -0.15) is 0 Å². The first-order chi connectivity index (χ1) is 14.7. The fourth-order valence-corrected chi connectivity index (χ4v) is 4.00. The molecule has 1 heterocycles. The minimum Gasteiger partial charge on any atom is -0.411 e. The SMILES string of the molecule is O=C(CSc1nnc(-c2ccccc2Br)o1)N(Cc1ccccc1)c1ccccc1. The topological polar surface area (TPSA) is 59.2 Å². The third-order valence-electron chi connectivity index (χ3n) is 4.38. The molecule has 0 unspecified atom stereocenters. The van der Waals surface area contributed by atoms with Crippen molar-refractivity contribution >= 4 is 39.3 Å². The minimum absolute atomic E-state index is 0.0318. The molecule has 4 rings (SSSR count). The van der Waals surface area contributed by atoms with E-state index in [0.29, 0.717) is 17.7 Å². The number of hydrogen-bond acceptors (Lipinski definition) is 5. The van der Waals surface area contributed by atoms with Crippen LogP contribution in [0, 0.1) is 0 Å². The van der Waals surface area contributed by atoms with Crippen LogP contribution in [0.4, 0.5) is 5.69 Å². The molecule has 1 aromatic heterocycles. The normalized spacial score (nSPS) is 10.7. The van der Waals surface area contributed by atoms with Crippen molar-refractivity contribution in [1.29, 1.82) is 0 Å². The van der Waals surface area contributed by atoms with Gasteiger partial charge in [0, 0.05) is 10.2 Å². The maximum Gasteiger partial charge on any atom is 0.277 e. The maximum atomic E-state index is 13.1. The van der Waals surface area contributed by atoms with E-state index >= 15 is 0 Å². The van der Waals surface area contributed by atoms with Gasteiger partial charge < -0.3 is 9.32 Å². The number of benzene rings is 3. The molecule has 150 valence electrons. The summed E-state index contributed by atoms with van der Waals surface area (Å²) < 4.78 is 6.62. The fraction of sp³-hybridized carbons (Fsp3) is 0.0870. The molecule has 0 saturated carbocycles. The molecule has 4 aromatic rings. The first-order valence-electron chi connectivity index (χ1n) is 9.31. The van der Waals surface area contributed by atoms with E-state index in [1.165, 1.54) is 11.8 Å². The summed E-state index contributed by atoms with van der Waals surface area (Å²) >= 11 is 4.72. The van der Waals surface area contributed by atoms with Gasteiger partial charge in [-0.3, -0.25) is 4.79 Å². The number of hydrogen-bond donors (Lipinski definition) is 0. The molecule has 0 saturated heterocycles. The zero-order valence-electron chi connectivity index (χ0n) is 15.9. The Kier molecular flexibility index (Phi) is 6.61. The van der Waals surface area contributed by atoms with E-state index in [9.17, 15) is 4.79 Å². The molecule has 0 aliphatic heterocycles. The van der Waals surface area contributed by atoms with Crippen LogP contribution < -0.4 is 4.90 Å². The molecule has 0 N–H and O–H groups in total. The Hall–Kier alpha value is -2.90. The van der Waals surface area contributed by atoms with Crippen molar-refractivity contribution in [2.24, 2.45) is 0 Å². The van der Waals surface area contributed by atoms with E-state index in [1.54, 1.807) is 4.90 Å². The lowest BCUT2D eigenvalue weighted by Crippen LogP contribution is -2.31. The summed E-state index contributed by atoms with van der Waals surface area (Å²) in [6.45, 7) is 0.496. The van der Waals surface area contributed by atoms with Crippen molar-refractivity contribution in [2.45, 2.75) is 11.8 Å². The number of halogens is 1. The number of carbonyl (C=O) groups excluding carboxylic acids is 1. The summed E-state index contributed by atoms with van der Waals surface area (Å²) in [7, 11) is 0. The number of para-hydroxylation sites is 1. The number of nitrogens with zero attached hydrogens (tertiary/aromatic N) is 3. The molecule has 0 aliphatic rings. The summed E-state index contributed by atoms with van der Waals surface area (Å²) in [5.41, 5.74) is 2.73. The predicted molar refractivity (Wildman–Crippen MR) is 122 cm³/mol. The second-order valence-electron chi connectivity index (χ2n) is 6.44. The summed E-state index contributed by atoms with van der Waals surface area (Å²) in [4.78, 5) is 14.8. The van der Waals surface area contributed by atoms with Crippen molar-refractivity contribution in [3.8, 4) is 11.5 Å². The third kappa shape index (κ3) is 4.98. The standard InChI is InChI=1S/C23H18BrN3O2S/c24-20-14-8-7-13-19(20)22-25-26-23(29-22)30-16-21(28)27(18-11-5-2-6-12-18)15-17-9-3-1-4-10-17/h1-14H,15-16H2. The summed E-state index contributed by atoms with van der Waals surface area (Å²) in [6.07, 6.45) is 0. The monoisotopic (exact) mass is 479 g/mol. The number of aromatic nitrogens is 2. The number of thioether (sulfide) groups is 1. The van der Waals surface area contributed by atoms with Gasteiger partial charge >= 0.3 is 0 Å². The van der Waals surface area contributed by atoms with Crippen LogP contribution in [0.2, 0.25) is 0 Å². The van der Waals surface area contributed by atoms with Crippen LogP contribution in [-0.2, 0) is 11.3 Å². The molecule has 30 heavy (non-hydrogen) atoms. The van der Waals surface area contributed by atoms with Gasteiger partial charge in [0.15, 0.2) is 0 Å². The van der Waals surface area contributed by atoms with Crippen molar-refractivity contribution in [2.75, 3.05) is 10.7 Å². The second kappa shape index (κ2) is 9.73. The van der Waals surface area contributed by atoms with Crippen molar-refractivity contribution in [1.82, 2.24) is 10.2 Å². The van der Waals surface area contributed by atoms with Gasteiger partial charge in [0.1, 0.15) is 0 Å². The molecule has 0 bridgehead atoms. The minimum atomic E-state index is -0.0318. The van der Waals surface area contributed by atoms with Crippen LogP contribution in [0.1, 0.15) is 5.56 Å². The highest BCUT2D eigenvalue weighted by Crippen LogP contribution is 2.29. The number of rotatable bonds is 7. The molecule has 5 nitrogen and oxygen atoms in total. The number of amides is 1. The van der Waals surface area contributed by atoms with Gasteiger partial charge in [0.05, 0.1) is 17.9 Å². The summed E-state index contributed by atoms with van der Waals surface area (Å²) in [6, 6.07) is 27.2. The predicted octanol–water partition coefficient (Wildman–Crippen LogP) is 5.82. The van der Waals surface area contributed by atoms with Crippen LogP contribution >= 0.6 is 27.7 Å². The van der Waals surface area contributed by atoms with Gasteiger partial charge in [-0.05, 0) is 45.8 Å². The van der Waals surface area contributed by atoms with Crippen molar-refractivity contribution in [3.63, 3.8) is 0 Å². The summed E-state index contributed by atoms with van der Waals surface area (Å²) in [5, 5.41) is 8.54. The molecular weight excluding hydrogens is 462 g/mol. The molecule has 0 spiro atoms. The Balaban J connectivity index is 1.47. The molecule has 1 amide bonds. The quantitative estimate of drug-likeness (QED) is 0.312. The van der Waals surface area contributed by atoms with Gasteiger partial charge in [-0.15, -0.1) is 10.2 Å². The highest BCUT2D eigenvalue weighted by atomic mass is 79.9. The van der Waals surface area contributed by atoms with Crippen LogP contribution in [0.25, 0.3) is 11.5 Å². The lowest BCUT2D eigenvalue weighted by molar-refractivity contribution is -0.116. The lowest BCUT2D eigenvalue weighted by atomic mass is 10.2. The van der Waals surface area contributed by atoms with Crippen molar-refractivity contribution < 1.29 is 9.21 Å². The van der Waals surface area contributed by atoms with Gasteiger partial charge in [0.25, 0.3) is 5.22 Å². The molecule has 0 fully saturated rings. The summed E-state index contributed by atoms with van der Waals surface area (Å²) in [5.74, 6) is 0.580. The Morgan fingerprint density at radius 2 is 1.57 bits per heavy atom. The number of anilines is 1. The Labute approximate surface area is 187 Å². The maximum absolute atomic E-state index is 13.1. The van der Waals surface area contributed by atoms with Gasteiger partial charge in [0.2, 0.25) is 11.8 Å². The first kappa shape index (κ1) is 20.4. The Morgan fingerprint density at radius 1 is 0.900 bits per heavy atom. The highest BCUT2D eigenvalue weighted by Gasteiger charge is 2.19. The van der Waals surface area contributed by atoms with E-state index in [0.717, 1.165) is 21.3 Å². The van der Waals surface area contributed by atoms with Gasteiger partial charge in [-0.25, -0.2) is 0 Å². The average molecular weight is 480 g/mol. The van der Waals surface area contributed by atoms with Crippen LogP contribution in [0.3, 0.4) is 0 Å². The van der Waals surface area contributed by atoms with E-state index in [2.05, 4.69) is 26.1 Å². The second-order valence-corrected chi connectivity index (χ2v) is 8.22. The van der Waals surface area contributed by atoms with E-state index in [1.807, 2.05) is 84.9 Å². The molecule has 0 radical (unpaired) electrons. The smallest absolute Gasteiger partial charge is 0.277 e. The largest absolute Gasteiger partial charge is 0.411 e. The molecule has 0 aliphatic carbocycles. The van der Waals surface area contributed by atoms with Crippen molar-refractivity contribution in [3.05, 3.63) is 95.0 Å². The Bertz CT molecular complexity index is 1120. The lowest BCUT2D eigenvalue weighted by Gasteiger charge is -2.22. The van der Waals surface area contributed by atoms with Crippen LogP contribution in [0.15, 0.2) is 99.0 Å². The fourth-order valence-electron chi connectivity index (χ4n) is 2.91. The van der Waals surface area contributed by atoms with E-state index in [4.69, 9.17) is 4.42 Å². The molecule has 0 atom stereocenters. The third-order valence-corrected chi connectivity index (χ3v) is 5.88. The Morgan fingerprint density at radius 3 is 2.30 bits per heavy atom. The molecule has 7 heteroatoms. The molecule has 3 aromatic carbocycles. The molecular formula is C23H18BrN3O2S.